The van der Waals surface area contributed by atoms with Gasteiger partial charge in [0.05, 0.1) is 17.1 Å². The molecule has 3 heterocycles. The van der Waals surface area contributed by atoms with E-state index in [2.05, 4.69) is 44.6 Å². The summed E-state index contributed by atoms with van der Waals surface area (Å²) in [5.41, 5.74) is 6.31. The van der Waals surface area contributed by atoms with Crippen molar-refractivity contribution < 1.29 is 0 Å². The molecule has 0 unspecified atom stereocenters. The van der Waals surface area contributed by atoms with Crippen LogP contribution in [0.25, 0.3) is 22.5 Å². The van der Waals surface area contributed by atoms with Crippen molar-refractivity contribution in [1.82, 2.24) is 34.9 Å². The van der Waals surface area contributed by atoms with E-state index < -0.39 is 0 Å². The summed E-state index contributed by atoms with van der Waals surface area (Å²) in [6, 6.07) is 10.3. The van der Waals surface area contributed by atoms with Gasteiger partial charge in [0, 0.05) is 69.8 Å². The van der Waals surface area contributed by atoms with Crippen LogP contribution in [0.2, 0.25) is 0 Å². The van der Waals surface area contributed by atoms with Crippen molar-refractivity contribution in [3.05, 3.63) is 60.1 Å². The predicted octanol–water partition coefficient (Wildman–Crippen LogP) is 2.38. The molecule has 9 nitrogen and oxygen atoms in total. The molecule has 0 saturated carbocycles. The molecule has 2 aliphatic rings. The van der Waals surface area contributed by atoms with Gasteiger partial charge in [-0.2, -0.15) is 5.10 Å². The van der Waals surface area contributed by atoms with Crippen molar-refractivity contribution in [2.24, 2.45) is 7.05 Å². The molecule has 1 aromatic carbocycles. The molecule has 3 N–H and O–H groups in total. The maximum atomic E-state index is 8.30. The molecule has 1 aliphatic heterocycles. The van der Waals surface area contributed by atoms with Gasteiger partial charge in [0.25, 0.3) is 0 Å². The van der Waals surface area contributed by atoms with Crippen LogP contribution in [0.4, 0.5) is 5.95 Å². The molecule has 0 atom stereocenters. The van der Waals surface area contributed by atoms with Gasteiger partial charge >= 0.3 is 0 Å². The summed E-state index contributed by atoms with van der Waals surface area (Å²) in [4.78, 5) is 14.1. The number of nitrogens with zero attached hydrogens (tertiary/aromatic N) is 6. The number of hydrogen-bond acceptors (Lipinski definition) is 7. The zero-order valence-corrected chi connectivity index (χ0v) is 20.5. The van der Waals surface area contributed by atoms with Gasteiger partial charge in [-0.05, 0) is 31.5 Å². The Morgan fingerprint density at radius 3 is 2.69 bits per heavy atom. The van der Waals surface area contributed by atoms with Gasteiger partial charge in [0.1, 0.15) is 5.84 Å². The molecule has 2 aromatic heterocycles. The zero-order valence-electron chi connectivity index (χ0n) is 20.5. The Balaban J connectivity index is 1.24. The number of amidine groups is 1. The molecule has 5 rings (SSSR count). The molecule has 0 spiro atoms. The Labute approximate surface area is 206 Å². The molecule has 1 fully saturated rings. The van der Waals surface area contributed by atoms with Crippen LogP contribution in [0, 0.1) is 5.41 Å². The number of anilines is 1. The average Bonchev–Trinajstić information content (AvgIpc) is 3.22. The monoisotopic (exact) mass is 471 g/mol. The first-order chi connectivity index (χ1) is 17.1. The van der Waals surface area contributed by atoms with Gasteiger partial charge in [-0.3, -0.25) is 15.0 Å². The van der Waals surface area contributed by atoms with E-state index >= 15 is 0 Å². The fourth-order valence-electron chi connectivity index (χ4n) is 4.73. The molecule has 0 radical (unpaired) electrons. The Kier molecular flexibility index (Phi) is 6.87. The van der Waals surface area contributed by atoms with Gasteiger partial charge in [-0.1, -0.05) is 30.3 Å². The van der Waals surface area contributed by atoms with E-state index in [1.54, 1.807) is 6.08 Å². The van der Waals surface area contributed by atoms with Gasteiger partial charge < -0.3 is 15.5 Å². The standard InChI is InChI=1S/C26H33N9/c1-33-14-16-35(17-15-33)13-12-28-11-10-22(27)30-26-29-18-20-8-9-21-23(24(20)31-26)25(34(2)32-21)19-6-4-3-5-7-19/h3-7,10-11,18,28H,8-9,12-17H2,1-2H3,(H2,27,29,30,31)/b11-10-. The molecule has 182 valence electrons. The van der Waals surface area contributed by atoms with Crippen LogP contribution in [-0.4, -0.2) is 81.7 Å². The second-order valence-corrected chi connectivity index (χ2v) is 9.20. The molecule has 1 aliphatic carbocycles. The van der Waals surface area contributed by atoms with Crippen LogP contribution in [0.15, 0.2) is 48.8 Å². The van der Waals surface area contributed by atoms with Gasteiger partial charge in [0.2, 0.25) is 5.95 Å². The number of fused-ring (bicyclic) bond motifs is 3. The maximum absolute atomic E-state index is 8.30. The summed E-state index contributed by atoms with van der Waals surface area (Å²) >= 11 is 0. The Hall–Kier alpha value is -3.56. The molecule has 3 aromatic rings. The van der Waals surface area contributed by atoms with Crippen molar-refractivity contribution in [3.8, 4) is 22.5 Å². The Bertz CT molecular complexity index is 1210. The van der Waals surface area contributed by atoms with Crippen molar-refractivity contribution >= 4 is 11.8 Å². The highest BCUT2D eigenvalue weighted by Gasteiger charge is 2.27. The number of aryl methyl sites for hydroxylation is 3. The van der Waals surface area contributed by atoms with Crippen molar-refractivity contribution in [2.75, 3.05) is 51.6 Å². The highest BCUT2D eigenvalue weighted by molar-refractivity contribution is 6.00. The SMILES string of the molecule is CN1CCN(CCN/C=C\C(=N)Nc2ncc3c(n2)-c2c(nn(C)c2-c2ccccc2)CC3)CC1. The Morgan fingerprint density at radius 1 is 1.09 bits per heavy atom. The normalized spacial score (nSPS) is 16.2. The largest absolute Gasteiger partial charge is 0.389 e. The van der Waals surface area contributed by atoms with Crippen LogP contribution >= 0.6 is 0 Å². The molecular weight excluding hydrogens is 438 g/mol. The minimum Gasteiger partial charge on any atom is -0.389 e. The predicted molar refractivity (Wildman–Crippen MR) is 140 cm³/mol. The van der Waals surface area contributed by atoms with E-state index in [-0.39, 0.29) is 5.84 Å². The number of likely N-dealkylation sites (N-methyl/N-ethyl adjacent to an activating group) is 1. The molecule has 0 amide bonds. The topological polar surface area (TPSA) is 98.0 Å². The van der Waals surface area contributed by atoms with Crippen LogP contribution in [0.1, 0.15) is 11.3 Å². The van der Waals surface area contributed by atoms with E-state index in [1.807, 2.05) is 42.3 Å². The highest BCUT2D eigenvalue weighted by Crippen LogP contribution is 2.39. The number of benzene rings is 1. The molecule has 35 heavy (non-hydrogen) atoms. The minimum absolute atomic E-state index is 0.238. The van der Waals surface area contributed by atoms with E-state index in [0.29, 0.717) is 5.95 Å². The van der Waals surface area contributed by atoms with Crippen LogP contribution in [0.5, 0.6) is 0 Å². The minimum atomic E-state index is 0.238. The highest BCUT2D eigenvalue weighted by atomic mass is 15.3. The van der Waals surface area contributed by atoms with E-state index in [9.17, 15) is 0 Å². The van der Waals surface area contributed by atoms with Crippen molar-refractivity contribution in [3.63, 3.8) is 0 Å². The number of piperazine rings is 1. The summed E-state index contributed by atoms with van der Waals surface area (Å²) in [7, 11) is 4.15. The van der Waals surface area contributed by atoms with Crippen LogP contribution in [-0.2, 0) is 19.9 Å². The third-order valence-electron chi connectivity index (χ3n) is 6.68. The molecule has 1 saturated heterocycles. The number of hydrogen-bond donors (Lipinski definition) is 3. The molecule has 9 heteroatoms. The second kappa shape index (κ2) is 10.4. The Morgan fingerprint density at radius 2 is 1.89 bits per heavy atom. The van der Waals surface area contributed by atoms with Crippen molar-refractivity contribution in [1.29, 1.82) is 5.41 Å². The smallest absolute Gasteiger partial charge is 0.228 e. The average molecular weight is 472 g/mol. The van der Waals surface area contributed by atoms with Gasteiger partial charge in [0.15, 0.2) is 0 Å². The first kappa shape index (κ1) is 23.2. The number of nitrogens with one attached hydrogen (secondary N) is 3. The lowest BCUT2D eigenvalue weighted by atomic mass is 9.91. The van der Waals surface area contributed by atoms with E-state index in [0.717, 1.165) is 85.9 Å². The lowest BCUT2D eigenvalue weighted by Gasteiger charge is -2.32. The van der Waals surface area contributed by atoms with Gasteiger partial charge in [-0.25, -0.2) is 9.97 Å². The first-order valence-electron chi connectivity index (χ1n) is 12.2. The maximum Gasteiger partial charge on any atom is 0.228 e. The molecular formula is C26H33N9. The lowest BCUT2D eigenvalue weighted by Crippen LogP contribution is -2.46. The number of rotatable bonds is 7. The van der Waals surface area contributed by atoms with E-state index in [4.69, 9.17) is 15.5 Å². The van der Waals surface area contributed by atoms with Gasteiger partial charge in [-0.15, -0.1) is 0 Å². The summed E-state index contributed by atoms with van der Waals surface area (Å²) in [5.74, 6) is 0.661. The summed E-state index contributed by atoms with van der Waals surface area (Å²) in [6.07, 6.45) is 7.13. The third kappa shape index (κ3) is 5.26. The summed E-state index contributed by atoms with van der Waals surface area (Å²) in [6.45, 7) is 6.33. The lowest BCUT2D eigenvalue weighted by molar-refractivity contribution is 0.156. The third-order valence-corrected chi connectivity index (χ3v) is 6.68. The van der Waals surface area contributed by atoms with Crippen LogP contribution in [0.3, 0.4) is 0 Å². The number of aromatic nitrogens is 4. The summed E-state index contributed by atoms with van der Waals surface area (Å²) < 4.78 is 1.95. The second-order valence-electron chi connectivity index (χ2n) is 9.20. The van der Waals surface area contributed by atoms with Crippen LogP contribution < -0.4 is 10.6 Å². The first-order valence-corrected chi connectivity index (χ1v) is 12.2. The fourth-order valence-corrected chi connectivity index (χ4v) is 4.73. The molecule has 0 bridgehead atoms. The zero-order chi connectivity index (χ0) is 24.2. The van der Waals surface area contributed by atoms with E-state index in [1.165, 1.54) is 0 Å². The summed E-state index contributed by atoms with van der Waals surface area (Å²) in [5, 5.41) is 19.4. The van der Waals surface area contributed by atoms with Crippen molar-refractivity contribution in [2.45, 2.75) is 12.8 Å². The fraction of sp³-hybridized carbons (Fsp3) is 0.385. The quantitative estimate of drug-likeness (QED) is 0.276.